The van der Waals surface area contributed by atoms with Crippen molar-refractivity contribution in [1.82, 2.24) is 14.7 Å². The number of aromatic nitrogens is 2. The third kappa shape index (κ3) is 6.59. The summed E-state index contributed by atoms with van der Waals surface area (Å²) in [7, 11) is 1.83. The Kier molecular flexibility index (Phi) is 7.82. The Morgan fingerprint density at radius 3 is 2.08 bits per heavy atom. The van der Waals surface area contributed by atoms with E-state index >= 15 is 0 Å². The Bertz CT molecular complexity index is 1440. The number of piperidine rings is 1. The first kappa shape index (κ1) is 25.9. The number of amides is 3. The largest absolute Gasteiger partial charge is 0.339 e. The fourth-order valence-corrected chi connectivity index (χ4v) is 4.85. The predicted octanol–water partition coefficient (Wildman–Crippen LogP) is 4.87. The van der Waals surface area contributed by atoms with Crippen molar-refractivity contribution in [2.24, 2.45) is 7.05 Å². The maximum atomic E-state index is 13.1. The zero-order valence-corrected chi connectivity index (χ0v) is 21.8. The second kappa shape index (κ2) is 11.8. The summed E-state index contributed by atoms with van der Waals surface area (Å²) in [4.78, 5) is 39.6. The summed E-state index contributed by atoms with van der Waals surface area (Å²) < 4.78 is 1.68. The molecule has 1 aromatic heterocycles. The highest BCUT2D eigenvalue weighted by Gasteiger charge is 2.24. The van der Waals surface area contributed by atoms with Crippen molar-refractivity contribution in [3.05, 3.63) is 114 Å². The standard InChI is InChI=1S/C31H31N5O3/c1-35-18-17-28(34-35)21-29(37)32-26-11-7-22(8-12-26)23-15-19-36(20-16-23)31(39)25-9-13-27(14-10-25)33-30(38)24-5-3-2-4-6-24/h2-14,17-18,23H,15-16,19-21H2,1H3,(H,32,37)(H,33,38). The number of likely N-dealkylation sites (tertiary alicyclic amines) is 1. The van der Waals surface area contributed by atoms with Gasteiger partial charge in [0.25, 0.3) is 11.8 Å². The smallest absolute Gasteiger partial charge is 0.255 e. The molecule has 0 bridgehead atoms. The number of nitrogens with one attached hydrogen (secondary N) is 2. The van der Waals surface area contributed by atoms with Crippen molar-refractivity contribution in [2.75, 3.05) is 23.7 Å². The lowest BCUT2D eigenvalue weighted by Gasteiger charge is -2.32. The first-order valence-corrected chi connectivity index (χ1v) is 13.1. The molecule has 8 heteroatoms. The quantitative estimate of drug-likeness (QED) is 0.363. The van der Waals surface area contributed by atoms with E-state index in [0.29, 0.717) is 35.8 Å². The van der Waals surface area contributed by atoms with Crippen LogP contribution < -0.4 is 10.6 Å². The van der Waals surface area contributed by atoms with E-state index in [1.54, 1.807) is 41.1 Å². The zero-order chi connectivity index (χ0) is 27.2. The number of hydrogen-bond acceptors (Lipinski definition) is 4. The molecule has 5 rings (SSSR count). The summed E-state index contributed by atoms with van der Waals surface area (Å²) in [6, 6.07) is 25.9. The van der Waals surface area contributed by atoms with Crippen LogP contribution in [0.15, 0.2) is 91.1 Å². The number of carbonyl (C=O) groups is 3. The van der Waals surface area contributed by atoms with Gasteiger partial charge in [0.1, 0.15) is 0 Å². The van der Waals surface area contributed by atoms with E-state index in [1.165, 1.54) is 5.56 Å². The van der Waals surface area contributed by atoms with E-state index < -0.39 is 0 Å². The third-order valence-corrected chi connectivity index (χ3v) is 6.98. The Hall–Kier alpha value is -4.72. The molecule has 3 amide bonds. The Balaban J connectivity index is 1.10. The van der Waals surface area contributed by atoms with Gasteiger partial charge in [-0.25, -0.2) is 0 Å². The lowest BCUT2D eigenvalue weighted by Crippen LogP contribution is -2.37. The minimum absolute atomic E-state index is 0.000326. The Morgan fingerprint density at radius 1 is 0.795 bits per heavy atom. The molecule has 4 aromatic rings. The highest BCUT2D eigenvalue weighted by atomic mass is 16.2. The van der Waals surface area contributed by atoms with Crippen LogP contribution in [0.1, 0.15) is 50.7 Å². The molecule has 1 aliphatic heterocycles. The van der Waals surface area contributed by atoms with Gasteiger partial charge in [-0.15, -0.1) is 0 Å². The number of aryl methyl sites for hydroxylation is 1. The summed E-state index contributed by atoms with van der Waals surface area (Å²) >= 11 is 0. The topological polar surface area (TPSA) is 96.3 Å². The van der Waals surface area contributed by atoms with Gasteiger partial charge in [0, 0.05) is 48.8 Å². The minimum Gasteiger partial charge on any atom is -0.339 e. The average Bonchev–Trinajstić information content (AvgIpc) is 3.38. The first-order valence-electron chi connectivity index (χ1n) is 13.1. The molecule has 3 aromatic carbocycles. The summed E-state index contributed by atoms with van der Waals surface area (Å²) in [5, 5.41) is 10.0. The number of rotatable bonds is 7. The molecule has 0 unspecified atom stereocenters. The molecule has 1 aliphatic rings. The van der Waals surface area contributed by atoms with Crippen molar-refractivity contribution in [1.29, 1.82) is 0 Å². The van der Waals surface area contributed by atoms with E-state index in [2.05, 4.69) is 27.9 Å². The van der Waals surface area contributed by atoms with Crippen LogP contribution in [-0.4, -0.2) is 45.5 Å². The Labute approximate surface area is 227 Å². The molecule has 0 saturated carbocycles. The summed E-state index contributed by atoms with van der Waals surface area (Å²) in [5.41, 5.74) is 4.55. The SMILES string of the molecule is Cn1ccc(CC(=O)Nc2ccc(C3CCN(C(=O)c4ccc(NC(=O)c5ccccc5)cc4)CC3)cc2)n1. The first-order chi connectivity index (χ1) is 18.9. The lowest BCUT2D eigenvalue weighted by atomic mass is 9.89. The van der Waals surface area contributed by atoms with Crippen molar-refractivity contribution in [3.63, 3.8) is 0 Å². The third-order valence-electron chi connectivity index (χ3n) is 6.98. The Morgan fingerprint density at radius 2 is 1.44 bits per heavy atom. The number of carbonyl (C=O) groups excluding carboxylic acids is 3. The van der Waals surface area contributed by atoms with Crippen LogP contribution in [0, 0.1) is 0 Å². The van der Waals surface area contributed by atoms with E-state index in [0.717, 1.165) is 24.2 Å². The van der Waals surface area contributed by atoms with E-state index in [-0.39, 0.29) is 24.1 Å². The summed E-state index contributed by atoms with van der Waals surface area (Å²) in [6.45, 7) is 1.36. The van der Waals surface area contributed by atoms with Crippen molar-refractivity contribution < 1.29 is 14.4 Å². The number of anilines is 2. The van der Waals surface area contributed by atoms with E-state index in [4.69, 9.17) is 0 Å². The predicted molar refractivity (Wildman–Crippen MR) is 151 cm³/mol. The maximum Gasteiger partial charge on any atom is 0.255 e. The molecule has 0 atom stereocenters. The minimum atomic E-state index is -0.184. The highest BCUT2D eigenvalue weighted by Crippen LogP contribution is 2.29. The van der Waals surface area contributed by atoms with E-state index in [9.17, 15) is 14.4 Å². The van der Waals surface area contributed by atoms with Gasteiger partial charge >= 0.3 is 0 Å². The van der Waals surface area contributed by atoms with Gasteiger partial charge in [-0.3, -0.25) is 19.1 Å². The molecular formula is C31H31N5O3. The molecule has 1 fully saturated rings. The summed E-state index contributed by atoms with van der Waals surface area (Å²) in [6.07, 6.45) is 3.81. The van der Waals surface area contributed by atoms with Crippen LogP contribution in [0.3, 0.4) is 0 Å². The van der Waals surface area contributed by atoms with Crippen LogP contribution in [-0.2, 0) is 18.3 Å². The molecule has 0 aliphatic carbocycles. The second-order valence-electron chi connectivity index (χ2n) is 9.79. The number of benzene rings is 3. The molecule has 2 N–H and O–H groups in total. The van der Waals surface area contributed by atoms with Gasteiger partial charge in [-0.05, 0) is 78.9 Å². The molecule has 1 saturated heterocycles. The second-order valence-corrected chi connectivity index (χ2v) is 9.79. The fourth-order valence-electron chi connectivity index (χ4n) is 4.85. The van der Waals surface area contributed by atoms with Crippen LogP contribution >= 0.6 is 0 Å². The van der Waals surface area contributed by atoms with Gasteiger partial charge < -0.3 is 15.5 Å². The van der Waals surface area contributed by atoms with Gasteiger partial charge in [-0.1, -0.05) is 30.3 Å². The van der Waals surface area contributed by atoms with Gasteiger partial charge in [0.2, 0.25) is 5.91 Å². The molecule has 0 spiro atoms. The summed E-state index contributed by atoms with van der Waals surface area (Å²) in [5.74, 6) is 0.0831. The maximum absolute atomic E-state index is 13.1. The molecule has 198 valence electrons. The van der Waals surface area contributed by atoms with Gasteiger partial charge in [-0.2, -0.15) is 5.10 Å². The van der Waals surface area contributed by atoms with E-state index in [1.807, 2.05) is 54.5 Å². The van der Waals surface area contributed by atoms with Gasteiger partial charge in [0.15, 0.2) is 0 Å². The normalized spacial score (nSPS) is 13.6. The number of nitrogens with zero attached hydrogens (tertiary/aromatic N) is 3. The molecule has 39 heavy (non-hydrogen) atoms. The monoisotopic (exact) mass is 521 g/mol. The zero-order valence-electron chi connectivity index (χ0n) is 21.8. The molecular weight excluding hydrogens is 490 g/mol. The molecule has 0 radical (unpaired) electrons. The average molecular weight is 522 g/mol. The van der Waals surface area contributed by atoms with Crippen LogP contribution in [0.2, 0.25) is 0 Å². The van der Waals surface area contributed by atoms with Crippen LogP contribution in [0.4, 0.5) is 11.4 Å². The van der Waals surface area contributed by atoms with Crippen LogP contribution in [0.5, 0.6) is 0 Å². The van der Waals surface area contributed by atoms with Crippen molar-refractivity contribution in [3.8, 4) is 0 Å². The van der Waals surface area contributed by atoms with Gasteiger partial charge in [0.05, 0.1) is 12.1 Å². The highest BCUT2D eigenvalue weighted by molar-refractivity contribution is 6.04. The lowest BCUT2D eigenvalue weighted by molar-refractivity contribution is -0.115. The number of hydrogen-bond donors (Lipinski definition) is 2. The molecule has 2 heterocycles. The van der Waals surface area contributed by atoms with Crippen molar-refractivity contribution in [2.45, 2.75) is 25.2 Å². The van der Waals surface area contributed by atoms with Crippen LogP contribution in [0.25, 0.3) is 0 Å². The van der Waals surface area contributed by atoms with Crippen molar-refractivity contribution >= 4 is 29.1 Å². The molecule has 8 nitrogen and oxygen atoms in total. The fraction of sp³-hybridized carbons (Fsp3) is 0.226.